The molecule has 3 atom stereocenters. The number of rotatable bonds is 15. The maximum atomic E-state index is 13.0. The number of methoxy groups -OCH3 is 2. The highest BCUT2D eigenvalue weighted by molar-refractivity contribution is 5.96. The molecule has 2 aromatic rings. The third-order valence-electron chi connectivity index (χ3n) is 7.64. The summed E-state index contributed by atoms with van der Waals surface area (Å²) in [5.41, 5.74) is 1.34. The van der Waals surface area contributed by atoms with E-state index in [2.05, 4.69) is 10.2 Å². The average Bonchev–Trinajstić information content (AvgIpc) is 3.42. The summed E-state index contributed by atoms with van der Waals surface area (Å²) < 4.78 is 21.9. The highest BCUT2D eigenvalue weighted by Crippen LogP contribution is 2.34. The van der Waals surface area contributed by atoms with E-state index in [9.17, 15) is 14.7 Å². The number of ketones is 1. The summed E-state index contributed by atoms with van der Waals surface area (Å²) in [6, 6.07) is 12.3. The van der Waals surface area contributed by atoms with Crippen LogP contribution in [-0.2, 0) is 9.53 Å². The zero-order chi connectivity index (χ0) is 28.3. The Morgan fingerprint density at radius 3 is 2.55 bits per heavy atom. The lowest BCUT2D eigenvalue weighted by molar-refractivity contribution is -0.123. The van der Waals surface area contributed by atoms with E-state index in [4.69, 9.17) is 18.9 Å². The van der Waals surface area contributed by atoms with Crippen LogP contribution in [0.4, 0.5) is 0 Å². The van der Waals surface area contributed by atoms with Crippen LogP contribution in [0.15, 0.2) is 42.5 Å². The van der Waals surface area contributed by atoms with Gasteiger partial charge in [0.2, 0.25) is 5.91 Å². The van der Waals surface area contributed by atoms with Gasteiger partial charge in [-0.3, -0.25) is 14.5 Å². The van der Waals surface area contributed by atoms with Gasteiger partial charge in [-0.2, -0.15) is 0 Å². The van der Waals surface area contributed by atoms with Crippen molar-refractivity contribution in [3.63, 3.8) is 0 Å². The van der Waals surface area contributed by atoms with E-state index in [0.717, 1.165) is 31.6 Å². The van der Waals surface area contributed by atoms with Crippen LogP contribution < -0.4 is 19.5 Å². The minimum absolute atomic E-state index is 0. The van der Waals surface area contributed by atoms with Gasteiger partial charge in [0.15, 0.2) is 17.3 Å². The molecule has 4 rings (SSSR count). The second-order valence-corrected chi connectivity index (χ2v) is 10.5. The van der Waals surface area contributed by atoms with Crippen molar-refractivity contribution in [3.05, 3.63) is 53.6 Å². The molecule has 1 amide bonds. The van der Waals surface area contributed by atoms with Gasteiger partial charge in [0.25, 0.3) is 0 Å². The minimum atomic E-state index is -0.911. The molecule has 40 heavy (non-hydrogen) atoms. The molecule has 0 saturated carbocycles. The van der Waals surface area contributed by atoms with E-state index >= 15 is 0 Å². The Bertz CT molecular complexity index is 1120. The number of benzene rings is 2. The molecule has 2 aliphatic rings. The number of hydrogen-bond donors (Lipinski definition) is 2. The van der Waals surface area contributed by atoms with Crippen molar-refractivity contribution in [2.24, 2.45) is 0 Å². The zero-order valence-corrected chi connectivity index (χ0v) is 23.6. The summed E-state index contributed by atoms with van der Waals surface area (Å²) in [6.45, 7) is 3.00. The number of ether oxygens (including phenoxy) is 4. The fourth-order valence-corrected chi connectivity index (χ4v) is 5.42. The Labute approximate surface area is 239 Å². The molecule has 0 unspecified atom stereocenters. The summed E-state index contributed by atoms with van der Waals surface area (Å²) >= 11 is 0. The first kappa shape index (κ1) is 29.8. The van der Waals surface area contributed by atoms with Crippen LogP contribution in [0, 0.1) is 0 Å². The van der Waals surface area contributed by atoms with Crippen molar-refractivity contribution in [3.8, 4) is 17.2 Å². The molecule has 0 radical (unpaired) electrons. The molecule has 0 bridgehead atoms. The smallest absolute Gasteiger partial charge is 0.220 e. The Hall–Kier alpha value is -3.14. The molecule has 2 aliphatic heterocycles. The monoisotopic (exact) mass is 558 g/mol. The average molecular weight is 559 g/mol. The minimum Gasteiger partial charge on any atom is -0.497 e. The van der Waals surface area contributed by atoms with Gasteiger partial charge in [-0.05, 0) is 74.2 Å². The number of Topliss-reactive ketones (excluding diaryl/α,β-unsaturated/α-hetero) is 1. The molecule has 9 heteroatoms. The topological polar surface area (TPSA) is 107 Å². The number of carbonyl (C=O) groups is 2. The fraction of sp³-hybridized carbons (Fsp3) is 0.548. The van der Waals surface area contributed by atoms with E-state index in [1.807, 2.05) is 12.1 Å². The standard InChI is InChI=1S/C31H42N2O7.2H2/c1-37-21-24-7-6-16-33(24)20-26(31(36)23-12-15-28-29(19-23)40-18-17-39-28)32-30(35)9-5-3-4-8-27(34)22-10-13-25(38-2)14-11-22;;/h10-15,19,24,26,31,36H,3-9,16-18,20-21H2,1-2H3,(H,32,35);2*1H/t24-,26+,31-;;/m0../s1. The third kappa shape index (κ3) is 8.19. The van der Waals surface area contributed by atoms with Crippen molar-refractivity contribution in [2.45, 2.75) is 63.1 Å². The largest absolute Gasteiger partial charge is 0.497 e. The number of aliphatic hydroxyl groups is 1. The Balaban J connectivity index is 0.00000308. The van der Waals surface area contributed by atoms with Crippen molar-refractivity contribution in [2.75, 3.05) is 47.1 Å². The number of likely N-dealkylation sites (tertiary alicyclic amines) is 1. The maximum absolute atomic E-state index is 13.0. The maximum Gasteiger partial charge on any atom is 0.220 e. The molecule has 9 nitrogen and oxygen atoms in total. The molecule has 1 fully saturated rings. The number of nitrogens with zero attached hydrogens (tertiary/aromatic N) is 1. The molecule has 222 valence electrons. The lowest BCUT2D eigenvalue weighted by Gasteiger charge is -2.32. The molecule has 0 aliphatic carbocycles. The van der Waals surface area contributed by atoms with Gasteiger partial charge in [0.05, 0.1) is 19.8 Å². The quantitative estimate of drug-likeness (QED) is 0.244. The molecular weight excluding hydrogens is 512 g/mol. The number of fused-ring (bicyclic) bond motifs is 1. The van der Waals surface area contributed by atoms with Gasteiger partial charge in [-0.1, -0.05) is 12.5 Å². The van der Waals surface area contributed by atoms with Crippen LogP contribution in [0.1, 0.15) is 69.8 Å². The second-order valence-electron chi connectivity index (χ2n) is 10.5. The number of nitrogens with one attached hydrogen (secondary N) is 1. The third-order valence-corrected chi connectivity index (χ3v) is 7.64. The normalized spacial score (nSPS) is 18.2. The number of hydrogen-bond acceptors (Lipinski definition) is 8. The first-order valence-corrected chi connectivity index (χ1v) is 14.3. The zero-order valence-electron chi connectivity index (χ0n) is 23.6. The van der Waals surface area contributed by atoms with Crippen LogP contribution in [0.2, 0.25) is 0 Å². The highest BCUT2D eigenvalue weighted by Gasteiger charge is 2.31. The molecule has 2 heterocycles. The van der Waals surface area contributed by atoms with Crippen molar-refractivity contribution >= 4 is 11.7 Å². The number of aliphatic hydroxyl groups excluding tert-OH is 1. The first-order chi connectivity index (χ1) is 19.5. The summed E-state index contributed by atoms with van der Waals surface area (Å²) in [7, 11) is 3.29. The Morgan fingerprint density at radius 2 is 1.80 bits per heavy atom. The summed E-state index contributed by atoms with van der Waals surface area (Å²) in [5.74, 6) is 1.97. The van der Waals surface area contributed by atoms with Crippen LogP contribution in [-0.4, -0.2) is 80.9 Å². The Morgan fingerprint density at radius 1 is 1.05 bits per heavy atom. The Kier molecular flexibility index (Phi) is 11.2. The van der Waals surface area contributed by atoms with E-state index in [-0.39, 0.29) is 20.6 Å². The highest BCUT2D eigenvalue weighted by atomic mass is 16.6. The van der Waals surface area contributed by atoms with Crippen molar-refractivity contribution in [1.82, 2.24) is 10.2 Å². The lowest BCUT2D eigenvalue weighted by atomic mass is 10.00. The van der Waals surface area contributed by atoms with Crippen LogP contribution in [0.3, 0.4) is 0 Å². The van der Waals surface area contributed by atoms with Gasteiger partial charge < -0.3 is 29.4 Å². The molecule has 0 spiro atoms. The van der Waals surface area contributed by atoms with E-state index in [1.54, 1.807) is 44.6 Å². The van der Waals surface area contributed by atoms with Crippen LogP contribution >= 0.6 is 0 Å². The van der Waals surface area contributed by atoms with E-state index in [1.165, 1.54) is 0 Å². The number of carbonyl (C=O) groups excluding carboxylic acids is 2. The molecule has 2 aromatic carbocycles. The lowest BCUT2D eigenvalue weighted by Crippen LogP contribution is -2.49. The molecule has 2 N–H and O–H groups in total. The molecule has 0 aromatic heterocycles. The van der Waals surface area contributed by atoms with Gasteiger partial charge >= 0.3 is 0 Å². The van der Waals surface area contributed by atoms with E-state index < -0.39 is 12.1 Å². The summed E-state index contributed by atoms with van der Waals surface area (Å²) in [6.07, 6.45) is 4.11. The summed E-state index contributed by atoms with van der Waals surface area (Å²) in [4.78, 5) is 27.7. The molecule has 1 saturated heterocycles. The predicted molar refractivity (Wildman–Crippen MR) is 155 cm³/mol. The fourth-order valence-electron chi connectivity index (χ4n) is 5.42. The van der Waals surface area contributed by atoms with Crippen molar-refractivity contribution in [1.29, 1.82) is 0 Å². The van der Waals surface area contributed by atoms with Crippen LogP contribution in [0.25, 0.3) is 0 Å². The number of unbranched alkanes of at least 4 members (excludes halogenated alkanes) is 2. The predicted octanol–water partition coefficient (Wildman–Crippen LogP) is 4.42. The number of amides is 1. The SMILES string of the molecule is COC[C@@H]1CCCN1C[C@@H](NC(=O)CCCCCC(=O)c1ccc(OC)cc1)[C@@H](O)c1ccc2c(c1)OCCO2.[HH].[HH]. The van der Waals surface area contributed by atoms with E-state index in [0.29, 0.717) is 74.7 Å². The van der Waals surface area contributed by atoms with Gasteiger partial charge in [0.1, 0.15) is 25.1 Å². The van der Waals surface area contributed by atoms with Gasteiger partial charge in [-0.25, -0.2) is 0 Å². The molecular formula is C31H46N2O7. The van der Waals surface area contributed by atoms with Gasteiger partial charge in [0, 0.05) is 41.0 Å². The van der Waals surface area contributed by atoms with Crippen molar-refractivity contribution < 1.29 is 36.5 Å². The second kappa shape index (κ2) is 15.0. The summed E-state index contributed by atoms with van der Waals surface area (Å²) in [5, 5.41) is 14.5. The van der Waals surface area contributed by atoms with Crippen LogP contribution in [0.5, 0.6) is 17.2 Å². The first-order valence-electron chi connectivity index (χ1n) is 14.3. The van der Waals surface area contributed by atoms with Gasteiger partial charge in [-0.15, -0.1) is 0 Å².